The third-order valence-corrected chi connectivity index (χ3v) is 6.09. The summed E-state index contributed by atoms with van der Waals surface area (Å²) >= 11 is 2.80. The summed E-state index contributed by atoms with van der Waals surface area (Å²) < 4.78 is 26.6. The lowest BCUT2D eigenvalue weighted by Gasteiger charge is -2.11. The summed E-state index contributed by atoms with van der Waals surface area (Å²) in [6.45, 7) is 6.17. The second-order valence-corrected chi connectivity index (χ2v) is 10.4. The lowest BCUT2D eigenvalue weighted by molar-refractivity contribution is 0.546. The van der Waals surface area contributed by atoms with Gasteiger partial charge in [0.05, 0.1) is 15.1 Å². The minimum Gasteiger partial charge on any atom is -0.228 e. The van der Waals surface area contributed by atoms with E-state index >= 15 is 0 Å². The molecule has 3 aromatic rings. The number of nitrogens with zero attached hydrogens (tertiary/aromatic N) is 4. The molecule has 6 nitrogen and oxygen atoms in total. The number of hydrogen-bond acceptors (Lipinski definition) is 7. The quantitative estimate of drug-likeness (QED) is 0.707. The number of aromatic nitrogens is 4. The molecule has 0 fully saturated rings. The van der Waals surface area contributed by atoms with Gasteiger partial charge in [-0.15, -0.1) is 16.4 Å². The minimum absolute atomic E-state index is 0.107. The van der Waals surface area contributed by atoms with Gasteiger partial charge in [0.25, 0.3) is 0 Å². The molecule has 122 valence electrons. The molecule has 0 spiro atoms. The molecule has 0 bridgehead atoms. The van der Waals surface area contributed by atoms with Gasteiger partial charge in [-0.05, 0) is 18.2 Å². The van der Waals surface area contributed by atoms with Crippen LogP contribution in [-0.4, -0.2) is 33.8 Å². The Kier molecular flexibility index (Phi) is 3.97. The van der Waals surface area contributed by atoms with Gasteiger partial charge in [0.1, 0.15) is 6.33 Å². The van der Waals surface area contributed by atoms with Gasteiger partial charge in [-0.25, -0.2) is 18.4 Å². The molecule has 0 saturated carbocycles. The lowest BCUT2D eigenvalue weighted by atomic mass is 9.96. The molecule has 0 aliphatic heterocycles. The van der Waals surface area contributed by atoms with Gasteiger partial charge < -0.3 is 0 Å². The van der Waals surface area contributed by atoms with E-state index in [1.807, 2.05) is 0 Å². The van der Waals surface area contributed by atoms with Crippen LogP contribution < -0.4 is 0 Å². The lowest BCUT2D eigenvalue weighted by Crippen LogP contribution is -2.13. The van der Waals surface area contributed by atoms with E-state index in [2.05, 4.69) is 35.8 Å². The molecule has 0 N–H and O–H groups in total. The van der Waals surface area contributed by atoms with Gasteiger partial charge >= 0.3 is 0 Å². The fourth-order valence-corrected chi connectivity index (χ4v) is 4.49. The number of sulfone groups is 1. The molecule has 0 saturated heterocycles. The van der Waals surface area contributed by atoms with Crippen molar-refractivity contribution in [2.75, 3.05) is 6.26 Å². The van der Waals surface area contributed by atoms with Crippen molar-refractivity contribution in [1.82, 2.24) is 19.2 Å². The monoisotopic (exact) mass is 368 g/mol. The van der Waals surface area contributed by atoms with E-state index in [9.17, 15) is 8.42 Å². The maximum Gasteiger partial charge on any atom is 0.175 e. The van der Waals surface area contributed by atoms with Crippen LogP contribution in [0, 0.1) is 0 Å². The summed E-state index contributed by atoms with van der Waals surface area (Å²) in [5, 5.41) is 4.44. The zero-order valence-corrected chi connectivity index (χ0v) is 15.6. The Labute approximate surface area is 143 Å². The number of rotatable bonds is 3. The van der Waals surface area contributed by atoms with Crippen LogP contribution in [0.4, 0.5) is 0 Å². The van der Waals surface area contributed by atoms with E-state index in [1.54, 1.807) is 28.6 Å². The first-order valence-electron chi connectivity index (χ1n) is 6.84. The fraction of sp³-hybridized carbons (Fsp3) is 0.357. The van der Waals surface area contributed by atoms with Crippen molar-refractivity contribution >= 4 is 43.3 Å². The summed E-state index contributed by atoms with van der Waals surface area (Å²) in [5.41, 5.74) is 0.671. The van der Waals surface area contributed by atoms with E-state index in [0.717, 1.165) is 20.4 Å². The third-order valence-electron chi connectivity index (χ3n) is 3.08. The Hall–Kier alpha value is -1.45. The molecular formula is C14H16N4O2S3. The van der Waals surface area contributed by atoms with E-state index in [-0.39, 0.29) is 5.41 Å². The summed E-state index contributed by atoms with van der Waals surface area (Å²) in [7, 11) is -3.21. The maximum absolute atomic E-state index is 11.6. The van der Waals surface area contributed by atoms with E-state index in [4.69, 9.17) is 0 Å². The number of thiazole rings is 1. The van der Waals surface area contributed by atoms with Gasteiger partial charge in [-0.1, -0.05) is 20.8 Å². The Morgan fingerprint density at radius 1 is 1.26 bits per heavy atom. The smallest absolute Gasteiger partial charge is 0.175 e. The van der Waals surface area contributed by atoms with Gasteiger partial charge in [-0.2, -0.15) is 4.09 Å². The molecule has 0 unspecified atom stereocenters. The van der Waals surface area contributed by atoms with Crippen LogP contribution in [0.25, 0.3) is 10.2 Å². The van der Waals surface area contributed by atoms with Crippen molar-refractivity contribution in [3.8, 4) is 0 Å². The molecule has 0 radical (unpaired) electrons. The zero-order chi connectivity index (χ0) is 16.8. The highest BCUT2D eigenvalue weighted by atomic mass is 32.2. The van der Waals surface area contributed by atoms with Crippen molar-refractivity contribution in [1.29, 1.82) is 0 Å². The topological polar surface area (TPSA) is 77.7 Å². The van der Waals surface area contributed by atoms with Crippen LogP contribution >= 0.6 is 23.3 Å². The molecule has 2 heterocycles. The second kappa shape index (κ2) is 5.57. The first-order chi connectivity index (χ1) is 10.6. The summed E-state index contributed by atoms with van der Waals surface area (Å²) in [5.74, 6) is 0.769. The first-order valence-corrected chi connectivity index (χ1v) is 10.3. The summed E-state index contributed by atoms with van der Waals surface area (Å²) in [6, 6.07) is 4.97. The largest absolute Gasteiger partial charge is 0.228 e. The molecular weight excluding hydrogens is 352 g/mol. The summed E-state index contributed by atoms with van der Waals surface area (Å²) in [4.78, 5) is 9.12. The van der Waals surface area contributed by atoms with Gasteiger partial charge in [0, 0.05) is 23.6 Å². The molecule has 0 atom stereocenters. The minimum atomic E-state index is -3.21. The van der Waals surface area contributed by atoms with Gasteiger partial charge in [-0.3, -0.25) is 0 Å². The number of fused-ring (bicyclic) bond motifs is 1. The predicted molar refractivity (Wildman–Crippen MR) is 92.7 cm³/mol. The van der Waals surface area contributed by atoms with Crippen molar-refractivity contribution in [2.45, 2.75) is 35.4 Å². The van der Waals surface area contributed by atoms with Crippen LogP contribution in [0.3, 0.4) is 0 Å². The van der Waals surface area contributed by atoms with E-state index in [0.29, 0.717) is 4.90 Å². The molecule has 1 aromatic carbocycles. The number of hydrogen-bond donors (Lipinski definition) is 0. The third kappa shape index (κ3) is 3.56. The number of benzene rings is 1. The highest BCUT2D eigenvalue weighted by molar-refractivity contribution is 7.99. The molecule has 0 amide bonds. The average molecular weight is 369 g/mol. The highest BCUT2D eigenvalue weighted by Crippen LogP contribution is 2.31. The van der Waals surface area contributed by atoms with Crippen LogP contribution in [-0.2, 0) is 15.3 Å². The Bertz CT molecular complexity index is 967. The molecule has 0 aliphatic rings. The van der Waals surface area contributed by atoms with Crippen molar-refractivity contribution in [3.63, 3.8) is 0 Å². The van der Waals surface area contributed by atoms with Crippen LogP contribution in [0.15, 0.2) is 33.8 Å². The standard InChI is InChI=1S/C14H16N4O2S3/c1-14(2,3)12-15-8-18(17-12)22-13-16-10-6-5-9(23(4,19)20)7-11(10)21-13/h5-8H,1-4H3. The Morgan fingerprint density at radius 2 is 2.00 bits per heavy atom. The maximum atomic E-state index is 11.6. The van der Waals surface area contributed by atoms with Crippen molar-refractivity contribution in [3.05, 3.63) is 30.4 Å². The Morgan fingerprint density at radius 3 is 2.61 bits per heavy atom. The van der Waals surface area contributed by atoms with Crippen LogP contribution in [0.1, 0.15) is 26.6 Å². The molecule has 0 aliphatic carbocycles. The molecule has 2 aromatic heterocycles. The van der Waals surface area contributed by atoms with Crippen molar-refractivity contribution < 1.29 is 8.42 Å². The average Bonchev–Trinajstić information content (AvgIpc) is 3.02. The highest BCUT2D eigenvalue weighted by Gasteiger charge is 2.19. The second-order valence-electron chi connectivity index (χ2n) is 6.19. The zero-order valence-electron chi connectivity index (χ0n) is 13.1. The van der Waals surface area contributed by atoms with E-state index < -0.39 is 9.84 Å². The summed E-state index contributed by atoms with van der Waals surface area (Å²) in [6.07, 6.45) is 2.87. The van der Waals surface area contributed by atoms with Crippen molar-refractivity contribution in [2.24, 2.45) is 0 Å². The van der Waals surface area contributed by atoms with Crippen LogP contribution in [0.5, 0.6) is 0 Å². The van der Waals surface area contributed by atoms with Gasteiger partial charge in [0.2, 0.25) is 0 Å². The fourth-order valence-electron chi connectivity index (χ4n) is 1.87. The normalized spacial score (nSPS) is 12.9. The molecule has 9 heteroatoms. The van der Waals surface area contributed by atoms with Crippen LogP contribution in [0.2, 0.25) is 0 Å². The Balaban J connectivity index is 1.91. The van der Waals surface area contributed by atoms with Gasteiger partial charge in [0.15, 0.2) is 20.0 Å². The SMILES string of the molecule is CC(C)(C)c1ncn(Sc2nc3ccc(S(C)(=O)=O)cc3s2)n1. The molecule has 3 rings (SSSR count). The predicted octanol–water partition coefficient (Wildman–Crippen LogP) is 3.14. The first kappa shape index (κ1) is 16.4. The van der Waals surface area contributed by atoms with E-state index in [1.165, 1.54) is 29.5 Å². The molecule has 23 heavy (non-hydrogen) atoms.